The van der Waals surface area contributed by atoms with Crippen LogP contribution < -0.4 is 0 Å². The minimum Gasteiger partial charge on any atom is -0.466 e. The molecular weight excluding hydrogens is 196 g/mol. The van der Waals surface area contributed by atoms with Crippen LogP contribution >= 0.6 is 0 Å². The molecule has 1 atom stereocenters. The van der Waals surface area contributed by atoms with Crippen molar-refractivity contribution in [2.24, 2.45) is 5.92 Å². The van der Waals surface area contributed by atoms with Gasteiger partial charge < -0.3 is 14.5 Å². The van der Waals surface area contributed by atoms with Crippen LogP contribution in [0.5, 0.6) is 0 Å². The van der Waals surface area contributed by atoms with Crippen molar-refractivity contribution >= 4 is 12.0 Å². The number of carbonyl (C=O) groups excluding carboxylic acids is 2. The first-order valence-electron chi connectivity index (χ1n) is 5.19. The number of hydrogen-bond acceptors (Lipinski definition) is 3. The molecule has 0 bridgehead atoms. The third kappa shape index (κ3) is 2.84. The van der Waals surface area contributed by atoms with Crippen LogP contribution in [0.25, 0.3) is 0 Å². The number of carbonyl (C=O) groups is 2. The monoisotopic (exact) mass is 214 g/mol. The van der Waals surface area contributed by atoms with Gasteiger partial charge in [0, 0.05) is 27.2 Å². The summed E-state index contributed by atoms with van der Waals surface area (Å²) >= 11 is 0. The zero-order chi connectivity index (χ0) is 11.4. The lowest BCUT2D eigenvalue weighted by molar-refractivity contribution is -0.147. The van der Waals surface area contributed by atoms with Crippen molar-refractivity contribution in [2.45, 2.75) is 13.3 Å². The Morgan fingerprint density at radius 3 is 2.67 bits per heavy atom. The van der Waals surface area contributed by atoms with Crippen LogP contribution in [0.15, 0.2) is 0 Å². The van der Waals surface area contributed by atoms with E-state index in [0.29, 0.717) is 26.1 Å². The molecule has 0 N–H and O–H groups in total. The normalized spacial score (nSPS) is 20.2. The lowest BCUT2D eigenvalue weighted by Crippen LogP contribution is -2.38. The number of ether oxygens (including phenoxy) is 1. The fraction of sp³-hybridized carbons (Fsp3) is 0.800. The van der Waals surface area contributed by atoms with E-state index in [2.05, 4.69) is 0 Å². The predicted octanol–water partition coefficient (Wildman–Crippen LogP) is 0.553. The van der Waals surface area contributed by atoms with Gasteiger partial charge in [-0.15, -0.1) is 0 Å². The smallest absolute Gasteiger partial charge is 0.319 e. The van der Waals surface area contributed by atoms with Crippen LogP contribution in [0.2, 0.25) is 0 Å². The molecule has 5 nitrogen and oxygen atoms in total. The van der Waals surface area contributed by atoms with Crippen molar-refractivity contribution in [1.29, 1.82) is 0 Å². The summed E-state index contributed by atoms with van der Waals surface area (Å²) in [5.41, 5.74) is 0. The summed E-state index contributed by atoms with van der Waals surface area (Å²) in [4.78, 5) is 26.2. The van der Waals surface area contributed by atoms with Gasteiger partial charge in [-0.25, -0.2) is 4.79 Å². The third-order valence-electron chi connectivity index (χ3n) is 2.46. The minimum atomic E-state index is -0.188. The largest absolute Gasteiger partial charge is 0.466 e. The second-order valence-electron chi connectivity index (χ2n) is 3.86. The molecule has 1 aliphatic rings. The Labute approximate surface area is 90.0 Å². The Morgan fingerprint density at radius 2 is 2.13 bits per heavy atom. The van der Waals surface area contributed by atoms with E-state index < -0.39 is 0 Å². The zero-order valence-corrected chi connectivity index (χ0v) is 9.52. The molecule has 0 aromatic rings. The van der Waals surface area contributed by atoms with E-state index in [4.69, 9.17) is 4.74 Å². The molecule has 0 radical (unpaired) electrons. The van der Waals surface area contributed by atoms with Gasteiger partial charge in [-0.05, 0) is 13.3 Å². The van der Waals surface area contributed by atoms with Gasteiger partial charge in [0.15, 0.2) is 0 Å². The first-order chi connectivity index (χ1) is 7.06. The molecule has 2 amide bonds. The average Bonchev–Trinajstić information content (AvgIpc) is 2.65. The van der Waals surface area contributed by atoms with E-state index in [0.717, 1.165) is 0 Å². The quantitative estimate of drug-likeness (QED) is 0.631. The molecule has 0 aromatic carbocycles. The van der Waals surface area contributed by atoms with Crippen molar-refractivity contribution in [1.82, 2.24) is 9.80 Å². The van der Waals surface area contributed by atoms with E-state index in [9.17, 15) is 9.59 Å². The number of esters is 1. The summed E-state index contributed by atoms with van der Waals surface area (Å²) < 4.78 is 4.92. The highest BCUT2D eigenvalue weighted by Crippen LogP contribution is 2.18. The molecule has 1 heterocycles. The maximum absolute atomic E-state index is 11.6. The minimum absolute atomic E-state index is 0.0400. The summed E-state index contributed by atoms with van der Waals surface area (Å²) in [5.74, 6) is -0.333. The summed E-state index contributed by atoms with van der Waals surface area (Å²) in [6.07, 6.45) is 0.707. The first-order valence-corrected chi connectivity index (χ1v) is 5.19. The molecule has 86 valence electrons. The molecule has 0 aromatic heterocycles. The van der Waals surface area contributed by atoms with E-state index in [-0.39, 0.29) is 17.9 Å². The van der Waals surface area contributed by atoms with Gasteiger partial charge in [0.2, 0.25) is 0 Å². The maximum atomic E-state index is 11.6. The number of likely N-dealkylation sites (tertiary alicyclic amines) is 1. The molecule has 15 heavy (non-hydrogen) atoms. The van der Waals surface area contributed by atoms with Gasteiger partial charge in [0.1, 0.15) is 0 Å². The Bertz CT molecular complexity index is 253. The van der Waals surface area contributed by atoms with Gasteiger partial charge in [-0.3, -0.25) is 4.79 Å². The molecule has 1 aliphatic heterocycles. The van der Waals surface area contributed by atoms with E-state index >= 15 is 0 Å². The number of amides is 2. The van der Waals surface area contributed by atoms with E-state index in [1.807, 2.05) is 0 Å². The second-order valence-corrected chi connectivity index (χ2v) is 3.86. The molecular formula is C10H18N2O3. The van der Waals surface area contributed by atoms with Crippen molar-refractivity contribution in [2.75, 3.05) is 33.8 Å². The standard InChI is InChI=1S/C10H18N2O3/c1-4-15-9(13)8-5-6-12(7-8)10(14)11(2)3/h8H,4-7H2,1-3H3. The van der Waals surface area contributed by atoms with Crippen LogP contribution in [-0.4, -0.2) is 55.6 Å². The molecule has 1 fully saturated rings. The fourth-order valence-electron chi connectivity index (χ4n) is 1.67. The van der Waals surface area contributed by atoms with Crippen LogP contribution in [0.4, 0.5) is 4.79 Å². The SMILES string of the molecule is CCOC(=O)C1CCN(C(=O)N(C)C)C1. The predicted molar refractivity (Wildman–Crippen MR) is 55.4 cm³/mol. The van der Waals surface area contributed by atoms with Gasteiger partial charge in [0.25, 0.3) is 0 Å². The number of urea groups is 1. The molecule has 0 saturated carbocycles. The highest BCUT2D eigenvalue weighted by atomic mass is 16.5. The van der Waals surface area contributed by atoms with Crippen molar-refractivity contribution in [3.05, 3.63) is 0 Å². The van der Waals surface area contributed by atoms with Gasteiger partial charge in [-0.2, -0.15) is 0 Å². The number of rotatable bonds is 2. The molecule has 0 aliphatic carbocycles. The number of nitrogens with zero attached hydrogens (tertiary/aromatic N) is 2. The molecule has 1 rings (SSSR count). The zero-order valence-electron chi connectivity index (χ0n) is 9.52. The molecule has 0 spiro atoms. The van der Waals surface area contributed by atoms with Crippen LogP contribution in [0, 0.1) is 5.92 Å². The Hall–Kier alpha value is -1.26. The molecule has 5 heteroatoms. The second kappa shape index (κ2) is 5.00. The van der Waals surface area contributed by atoms with Crippen LogP contribution in [0.3, 0.4) is 0 Å². The van der Waals surface area contributed by atoms with Crippen LogP contribution in [-0.2, 0) is 9.53 Å². The van der Waals surface area contributed by atoms with Crippen molar-refractivity contribution < 1.29 is 14.3 Å². The Morgan fingerprint density at radius 1 is 1.47 bits per heavy atom. The summed E-state index contributed by atoms with van der Waals surface area (Å²) in [6, 6.07) is -0.0400. The maximum Gasteiger partial charge on any atom is 0.319 e. The Kier molecular flexibility index (Phi) is 3.94. The lowest BCUT2D eigenvalue weighted by Gasteiger charge is -2.20. The first kappa shape index (κ1) is 11.8. The Balaban J connectivity index is 2.45. The van der Waals surface area contributed by atoms with Crippen LogP contribution in [0.1, 0.15) is 13.3 Å². The fourth-order valence-corrected chi connectivity index (χ4v) is 1.67. The molecule has 1 unspecified atom stereocenters. The topological polar surface area (TPSA) is 49.9 Å². The average molecular weight is 214 g/mol. The third-order valence-corrected chi connectivity index (χ3v) is 2.46. The van der Waals surface area contributed by atoms with E-state index in [1.165, 1.54) is 4.90 Å². The van der Waals surface area contributed by atoms with Gasteiger partial charge >= 0.3 is 12.0 Å². The van der Waals surface area contributed by atoms with Crippen molar-refractivity contribution in [3.8, 4) is 0 Å². The summed E-state index contributed by atoms with van der Waals surface area (Å²) in [7, 11) is 3.42. The molecule has 1 saturated heterocycles. The summed E-state index contributed by atoms with van der Waals surface area (Å²) in [5, 5.41) is 0. The highest BCUT2D eigenvalue weighted by Gasteiger charge is 2.32. The van der Waals surface area contributed by atoms with Crippen molar-refractivity contribution in [3.63, 3.8) is 0 Å². The number of hydrogen-bond donors (Lipinski definition) is 0. The highest BCUT2D eigenvalue weighted by molar-refractivity contribution is 5.77. The van der Waals surface area contributed by atoms with Gasteiger partial charge in [-0.1, -0.05) is 0 Å². The lowest BCUT2D eigenvalue weighted by atomic mass is 10.1. The van der Waals surface area contributed by atoms with Gasteiger partial charge in [0.05, 0.1) is 12.5 Å². The van der Waals surface area contributed by atoms with E-state index in [1.54, 1.807) is 25.9 Å². The summed E-state index contributed by atoms with van der Waals surface area (Å²) in [6.45, 7) is 3.31.